The van der Waals surface area contributed by atoms with Crippen molar-refractivity contribution in [3.05, 3.63) is 42.4 Å². The highest BCUT2D eigenvalue weighted by atomic mass is 16.3. The Kier molecular flexibility index (Phi) is 1.67. The van der Waals surface area contributed by atoms with E-state index in [1.54, 1.807) is 0 Å². The lowest BCUT2D eigenvalue weighted by atomic mass is 10.2. The second kappa shape index (κ2) is 2.81. The highest BCUT2D eigenvalue weighted by molar-refractivity contribution is 5.55. The van der Waals surface area contributed by atoms with Gasteiger partial charge < -0.3 is 4.42 Å². The normalized spacial score (nSPS) is 10.1. The highest BCUT2D eigenvalue weighted by Crippen LogP contribution is 2.19. The van der Waals surface area contributed by atoms with E-state index in [4.69, 9.17) is 4.42 Å². The highest BCUT2D eigenvalue weighted by Gasteiger charge is 2.01. The van der Waals surface area contributed by atoms with E-state index in [1.165, 1.54) is 0 Å². The molecule has 0 atom stereocenters. The van der Waals surface area contributed by atoms with Gasteiger partial charge in [0.2, 0.25) is 0 Å². The molecule has 0 aliphatic heterocycles. The van der Waals surface area contributed by atoms with Crippen molar-refractivity contribution in [2.75, 3.05) is 0 Å². The molecule has 0 saturated carbocycles. The van der Waals surface area contributed by atoms with E-state index in [0.717, 1.165) is 17.1 Å². The van der Waals surface area contributed by atoms with Gasteiger partial charge in [-0.1, -0.05) is 0 Å². The summed E-state index contributed by atoms with van der Waals surface area (Å²) < 4.78 is 5.46. The minimum Gasteiger partial charge on any atom is -0.461 e. The largest absolute Gasteiger partial charge is 0.461 e. The van der Waals surface area contributed by atoms with Gasteiger partial charge in [0.1, 0.15) is 11.5 Å². The number of aromatic nitrogens is 1. The fourth-order valence-electron chi connectivity index (χ4n) is 1.14. The zero-order valence-corrected chi connectivity index (χ0v) is 6.87. The topological polar surface area (TPSA) is 27.3 Å². The van der Waals surface area contributed by atoms with Gasteiger partial charge in [0.05, 0.1) is 0 Å². The van der Waals surface area contributed by atoms with Crippen molar-refractivity contribution >= 4 is 0 Å². The van der Waals surface area contributed by atoms with E-state index in [2.05, 4.69) is 4.98 Å². The van der Waals surface area contributed by atoms with Crippen LogP contribution in [-0.2, 0) is 0 Å². The number of furan rings is 1. The third-order valence-corrected chi connectivity index (χ3v) is 1.74. The number of aromatic amines is 1. The quantitative estimate of drug-likeness (QED) is 0.627. The zero-order chi connectivity index (χ0) is 8.39. The summed E-state index contributed by atoms with van der Waals surface area (Å²) in [5.74, 6) is 1.86. The monoisotopic (exact) mass is 160 g/mol. The first-order valence-corrected chi connectivity index (χ1v) is 3.89. The van der Waals surface area contributed by atoms with E-state index < -0.39 is 0 Å². The van der Waals surface area contributed by atoms with Crippen molar-refractivity contribution in [2.45, 2.75) is 6.92 Å². The minimum atomic E-state index is 0.918. The van der Waals surface area contributed by atoms with Crippen molar-refractivity contribution in [1.82, 2.24) is 0 Å². The molecule has 0 amide bonds. The third-order valence-electron chi connectivity index (χ3n) is 1.74. The summed E-state index contributed by atoms with van der Waals surface area (Å²) in [5, 5.41) is 0. The van der Waals surface area contributed by atoms with Crippen LogP contribution in [0.4, 0.5) is 0 Å². The van der Waals surface area contributed by atoms with Gasteiger partial charge in [0, 0.05) is 17.7 Å². The van der Waals surface area contributed by atoms with Crippen LogP contribution in [-0.4, -0.2) is 0 Å². The maximum atomic E-state index is 5.46. The third kappa shape index (κ3) is 1.23. The Hall–Kier alpha value is -1.57. The summed E-state index contributed by atoms with van der Waals surface area (Å²) in [6.07, 6.45) is 3.76. The van der Waals surface area contributed by atoms with Crippen molar-refractivity contribution in [3.63, 3.8) is 0 Å². The second-order valence-electron chi connectivity index (χ2n) is 2.70. The summed E-state index contributed by atoms with van der Waals surface area (Å²) in [7, 11) is 0. The van der Waals surface area contributed by atoms with Crippen LogP contribution >= 0.6 is 0 Å². The molecular weight excluding hydrogens is 150 g/mol. The smallest absolute Gasteiger partial charge is 0.167 e. The lowest BCUT2D eigenvalue weighted by molar-refractivity contribution is -0.377. The van der Waals surface area contributed by atoms with Crippen molar-refractivity contribution in [1.29, 1.82) is 0 Å². The maximum absolute atomic E-state index is 5.46. The Labute approximate surface area is 70.9 Å². The van der Waals surface area contributed by atoms with E-state index in [-0.39, 0.29) is 0 Å². The number of hydrogen-bond donors (Lipinski definition) is 0. The predicted octanol–water partition coefficient (Wildman–Crippen LogP) is 2.07. The molecule has 60 valence electrons. The van der Waals surface area contributed by atoms with Crippen LogP contribution in [0.2, 0.25) is 0 Å². The fourth-order valence-corrected chi connectivity index (χ4v) is 1.14. The molecule has 0 spiro atoms. The van der Waals surface area contributed by atoms with Crippen molar-refractivity contribution in [3.8, 4) is 11.3 Å². The van der Waals surface area contributed by atoms with Gasteiger partial charge in [0.15, 0.2) is 12.4 Å². The predicted molar refractivity (Wildman–Crippen MR) is 45.4 cm³/mol. The molecule has 0 fully saturated rings. The van der Waals surface area contributed by atoms with Crippen LogP contribution in [0.3, 0.4) is 0 Å². The Morgan fingerprint density at radius 2 is 1.83 bits per heavy atom. The Bertz CT molecular complexity index is 364. The molecule has 0 aliphatic rings. The van der Waals surface area contributed by atoms with E-state index in [1.807, 2.05) is 43.6 Å². The van der Waals surface area contributed by atoms with Gasteiger partial charge in [-0.2, -0.15) is 0 Å². The molecule has 2 nitrogen and oxygen atoms in total. The lowest BCUT2D eigenvalue weighted by Crippen LogP contribution is -1.96. The second-order valence-corrected chi connectivity index (χ2v) is 2.70. The molecule has 2 rings (SSSR count). The number of nitrogens with one attached hydrogen (secondary N) is 1. The number of aryl methyl sites for hydroxylation is 1. The van der Waals surface area contributed by atoms with E-state index >= 15 is 0 Å². The summed E-state index contributed by atoms with van der Waals surface area (Å²) in [6, 6.07) is 7.91. The summed E-state index contributed by atoms with van der Waals surface area (Å²) in [5.41, 5.74) is 1.10. The molecule has 0 radical (unpaired) electrons. The molecule has 0 unspecified atom stereocenters. The van der Waals surface area contributed by atoms with Crippen LogP contribution in [0, 0.1) is 6.92 Å². The molecule has 0 aromatic carbocycles. The maximum Gasteiger partial charge on any atom is 0.167 e. The van der Waals surface area contributed by atoms with Crippen molar-refractivity contribution < 1.29 is 9.40 Å². The van der Waals surface area contributed by atoms with Gasteiger partial charge in [0.25, 0.3) is 0 Å². The SMILES string of the molecule is Cc1ccc(-c2cc[nH+]cc2)o1. The first-order valence-electron chi connectivity index (χ1n) is 3.89. The van der Waals surface area contributed by atoms with Crippen LogP contribution < -0.4 is 4.98 Å². The first-order chi connectivity index (χ1) is 5.86. The van der Waals surface area contributed by atoms with Gasteiger partial charge >= 0.3 is 0 Å². The number of H-pyrrole nitrogens is 1. The molecule has 0 bridgehead atoms. The minimum absolute atomic E-state index is 0.918. The molecule has 1 N–H and O–H groups in total. The van der Waals surface area contributed by atoms with Crippen molar-refractivity contribution in [2.24, 2.45) is 0 Å². The number of pyridine rings is 1. The fraction of sp³-hybridized carbons (Fsp3) is 0.100. The molecule has 2 aromatic heterocycles. The lowest BCUT2D eigenvalue weighted by Gasteiger charge is -1.91. The van der Waals surface area contributed by atoms with E-state index in [0.29, 0.717) is 0 Å². The van der Waals surface area contributed by atoms with Crippen LogP contribution in [0.1, 0.15) is 5.76 Å². The number of hydrogen-bond acceptors (Lipinski definition) is 1. The molecule has 0 saturated heterocycles. The standard InChI is InChI=1S/C10H9NO/c1-8-2-3-10(12-8)9-4-6-11-7-5-9/h2-7H,1H3/p+1. The zero-order valence-electron chi connectivity index (χ0n) is 6.87. The molecular formula is C10H10NO+. The molecule has 2 heterocycles. The molecule has 0 aliphatic carbocycles. The van der Waals surface area contributed by atoms with E-state index in [9.17, 15) is 0 Å². The average molecular weight is 160 g/mol. The summed E-state index contributed by atoms with van der Waals surface area (Å²) in [6.45, 7) is 1.94. The summed E-state index contributed by atoms with van der Waals surface area (Å²) >= 11 is 0. The van der Waals surface area contributed by atoms with Crippen LogP contribution in [0.5, 0.6) is 0 Å². The number of rotatable bonds is 1. The molecule has 12 heavy (non-hydrogen) atoms. The van der Waals surface area contributed by atoms with Gasteiger partial charge in [-0.15, -0.1) is 0 Å². The van der Waals surface area contributed by atoms with Gasteiger partial charge in [-0.05, 0) is 19.1 Å². The van der Waals surface area contributed by atoms with Crippen LogP contribution in [0.25, 0.3) is 11.3 Å². The summed E-state index contributed by atoms with van der Waals surface area (Å²) in [4.78, 5) is 2.97. The van der Waals surface area contributed by atoms with Gasteiger partial charge in [-0.25, -0.2) is 4.98 Å². The Balaban J connectivity index is 2.45. The Morgan fingerprint density at radius 1 is 1.08 bits per heavy atom. The average Bonchev–Trinajstić information content (AvgIpc) is 2.54. The van der Waals surface area contributed by atoms with Crippen LogP contribution in [0.15, 0.2) is 41.1 Å². The first kappa shape index (κ1) is 7.10. The molecule has 2 heteroatoms. The van der Waals surface area contributed by atoms with Gasteiger partial charge in [-0.3, -0.25) is 0 Å². The molecule has 2 aromatic rings. The Morgan fingerprint density at radius 3 is 2.42 bits per heavy atom.